The summed E-state index contributed by atoms with van der Waals surface area (Å²) in [4.78, 5) is 18.6. The highest BCUT2D eigenvalue weighted by atomic mass is 16.5. The minimum Gasteiger partial charge on any atom is -0.372 e. The summed E-state index contributed by atoms with van der Waals surface area (Å²) in [6.45, 7) is 7.06. The highest BCUT2D eigenvalue weighted by Crippen LogP contribution is 2.23. The van der Waals surface area contributed by atoms with Gasteiger partial charge in [0, 0.05) is 30.9 Å². The van der Waals surface area contributed by atoms with Gasteiger partial charge in [-0.2, -0.15) is 4.98 Å². The summed E-state index contributed by atoms with van der Waals surface area (Å²) in [6, 6.07) is 8.08. The van der Waals surface area contributed by atoms with E-state index in [4.69, 9.17) is 4.52 Å². The molecule has 24 heavy (non-hydrogen) atoms. The summed E-state index contributed by atoms with van der Waals surface area (Å²) in [5.41, 5.74) is 2.06. The first-order valence-electron chi connectivity index (χ1n) is 8.61. The molecule has 1 aromatic carbocycles. The molecule has 1 aliphatic heterocycles. The molecule has 0 atom stereocenters. The van der Waals surface area contributed by atoms with Crippen molar-refractivity contribution in [3.05, 3.63) is 30.2 Å². The highest BCUT2D eigenvalue weighted by molar-refractivity contribution is 5.89. The molecular formula is C18H24N4O2. The van der Waals surface area contributed by atoms with Gasteiger partial charge < -0.3 is 14.7 Å². The first-order chi connectivity index (χ1) is 11.6. The quantitative estimate of drug-likeness (QED) is 0.882. The van der Waals surface area contributed by atoms with E-state index in [1.54, 1.807) is 0 Å². The van der Waals surface area contributed by atoms with Crippen LogP contribution in [0.2, 0.25) is 0 Å². The Kier molecular flexibility index (Phi) is 5.13. The molecule has 2 aromatic rings. The van der Waals surface area contributed by atoms with Gasteiger partial charge in [0.15, 0.2) is 0 Å². The smallest absolute Gasteiger partial charge is 0.316 e. The van der Waals surface area contributed by atoms with E-state index in [9.17, 15) is 4.79 Å². The van der Waals surface area contributed by atoms with Gasteiger partial charge in [-0.25, -0.2) is 0 Å². The summed E-state index contributed by atoms with van der Waals surface area (Å²) in [7, 11) is 0. The lowest BCUT2D eigenvalue weighted by Crippen LogP contribution is -2.25. The van der Waals surface area contributed by atoms with Crippen LogP contribution in [0.3, 0.4) is 0 Å². The molecule has 0 aliphatic carbocycles. The molecule has 2 heterocycles. The predicted molar refractivity (Wildman–Crippen MR) is 93.0 cm³/mol. The van der Waals surface area contributed by atoms with Crippen molar-refractivity contribution in [2.24, 2.45) is 5.92 Å². The number of carbonyl (C=O) groups is 1. The molecule has 1 saturated heterocycles. The molecule has 0 spiro atoms. The van der Waals surface area contributed by atoms with Crippen LogP contribution in [-0.2, 0) is 0 Å². The monoisotopic (exact) mass is 328 g/mol. The molecule has 128 valence electrons. The lowest BCUT2D eigenvalue weighted by Gasteiger charge is -2.17. The first-order valence-corrected chi connectivity index (χ1v) is 8.61. The number of nitrogens with one attached hydrogen (secondary N) is 1. The number of carbonyl (C=O) groups excluding carboxylic acids is 1. The number of hydrogen-bond acceptors (Lipinski definition) is 5. The molecule has 6 heteroatoms. The average Bonchev–Trinajstić information content (AvgIpc) is 3.26. The van der Waals surface area contributed by atoms with E-state index in [0.717, 1.165) is 25.1 Å². The first kappa shape index (κ1) is 16.5. The third-order valence-electron chi connectivity index (χ3n) is 4.22. The van der Waals surface area contributed by atoms with E-state index in [-0.39, 0.29) is 11.8 Å². The molecule has 0 bridgehead atoms. The Labute approximate surface area is 142 Å². The Morgan fingerprint density at radius 3 is 2.62 bits per heavy atom. The molecule has 1 amide bonds. The fraction of sp³-hybridized carbons (Fsp3) is 0.500. The van der Waals surface area contributed by atoms with Crippen molar-refractivity contribution < 1.29 is 9.32 Å². The number of hydrogen-bond donors (Lipinski definition) is 1. The Bertz CT molecular complexity index is 673. The van der Waals surface area contributed by atoms with E-state index < -0.39 is 0 Å². The van der Waals surface area contributed by atoms with E-state index in [2.05, 4.69) is 46.3 Å². The summed E-state index contributed by atoms with van der Waals surface area (Å²) in [6.07, 6.45) is 3.43. The molecule has 0 radical (unpaired) electrons. The van der Waals surface area contributed by atoms with Crippen molar-refractivity contribution in [2.75, 3.05) is 24.5 Å². The summed E-state index contributed by atoms with van der Waals surface area (Å²) >= 11 is 0. The van der Waals surface area contributed by atoms with Gasteiger partial charge in [0.25, 0.3) is 0 Å². The van der Waals surface area contributed by atoms with Gasteiger partial charge in [0.1, 0.15) is 0 Å². The zero-order valence-corrected chi connectivity index (χ0v) is 14.3. The van der Waals surface area contributed by atoms with Crippen LogP contribution < -0.4 is 10.2 Å². The number of nitrogens with zero attached hydrogens (tertiary/aromatic N) is 3. The van der Waals surface area contributed by atoms with Gasteiger partial charge in [-0.1, -0.05) is 19.0 Å². The van der Waals surface area contributed by atoms with Gasteiger partial charge in [-0.15, -0.1) is 0 Å². The van der Waals surface area contributed by atoms with E-state index in [1.165, 1.54) is 18.5 Å². The number of rotatable bonds is 6. The van der Waals surface area contributed by atoms with Crippen molar-refractivity contribution in [1.82, 2.24) is 15.5 Å². The third kappa shape index (κ3) is 3.93. The third-order valence-corrected chi connectivity index (χ3v) is 4.22. The van der Waals surface area contributed by atoms with Gasteiger partial charge in [-0.3, -0.25) is 4.79 Å². The molecule has 6 nitrogen and oxygen atoms in total. The van der Waals surface area contributed by atoms with E-state index >= 15 is 0 Å². The second-order valence-electron chi connectivity index (χ2n) is 6.60. The zero-order valence-electron chi connectivity index (χ0n) is 14.3. The summed E-state index contributed by atoms with van der Waals surface area (Å²) in [5, 5.41) is 6.72. The minimum atomic E-state index is -0.317. The van der Waals surface area contributed by atoms with Crippen molar-refractivity contribution >= 4 is 11.6 Å². The average molecular weight is 328 g/mol. The van der Waals surface area contributed by atoms with Crippen LogP contribution in [0.1, 0.15) is 43.8 Å². The normalized spacial score (nSPS) is 14.4. The molecule has 0 unspecified atom stereocenters. The van der Waals surface area contributed by atoms with Crippen LogP contribution in [0.15, 0.2) is 28.8 Å². The lowest BCUT2D eigenvalue weighted by atomic mass is 10.1. The lowest BCUT2D eigenvalue weighted by molar-refractivity contribution is 0.0908. The highest BCUT2D eigenvalue weighted by Gasteiger charge is 2.17. The van der Waals surface area contributed by atoms with Crippen molar-refractivity contribution in [1.29, 1.82) is 0 Å². The Morgan fingerprint density at radius 2 is 1.96 bits per heavy atom. The van der Waals surface area contributed by atoms with Crippen molar-refractivity contribution in [3.63, 3.8) is 0 Å². The van der Waals surface area contributed by atoms with Gasteiger partial charge in [-0.05, 0) is 49.4 Å². The number of benzene rings is 1. The number of aromatic nitrogens is 2. The predicted octanol–water partition coefficient (Wildman–Crippen LogP) is 3.11. The molecule has 0 saturated carbocycles. The van der Waals surface area contributed by atoms with Crippen LogP contribution in [0.4, 0.5) is 5.69 Å². The maximum Gasteiger partial charge on any atom is 0.316 e. The Hall–Kier alpha value is -2.37. The number of amides is 1. The van der Waals surface area contributed by atoms with Gasteiger partial charge in [0.2, 0.25) is 5.82 Å². The largest absolute Gasteiger partial charge is 0.372 e. The van der Waals surface area contributed by atoms with Crippen LogP contribution in [0.5, 0.6) is 0 Å². The van der Waals surface area contributed by atoms with Crippen LogP contribution in [-0.4, -0.2) is 35.7 Å². The van der Waals surface area contributed by atoms with Crippen molar-refractivity contribution in [3.8, 4) is 11.4 Å². The summed E-state index contributed by atoms with van der Waals surface area (Å²) < 4.78 is 5.08. The Balaban J connectivity index is 1.63. The second-order valence-corrected chi connectivity index (χ2v) is 6.60. The number of anilines is 1. The van der Waals surface area contributed by atoms with Crippen LogP contribution in [0.25, 0.3) is 11.4 Å². The maximum absolute atomic E-state index is 12.0. The zero-order chi connectivity index (χ0) is 16.9. The molecule has 1 N–H and O–H groups in total. The Morgan fingerprint density at radius 1 is 1.25 bits per heavy atom. The summed E-state index contributed by atoms with van der Waals surface area (Å²) in [5.74, 6) is 0.676. The standard InChI is InChI=1S/C18H24N4O2/c1-13(2)9-10-19-17(23)18-20-16(21-24-18)14-5-7-15(8-6-14)22-11-3-4-12-22/h5-8,13H,3-4,9-12H2,1-2H3,(H,19,23). The SMILES string of the molecule is CC(C)CCNC(=O)c1nc(-c2ccc(N3CCCC3)cc2)no1. The molecule has 1 aliphatic rings. The van der Waals surface area contributed by atoms with Crippen molar-refractivity contribution in [2.45, 2.75) is 33.1 Å². The fourth-order valence-electron chi connectivity index (χ4n) is 2.78. The fourth-order valence-corrected chi connectivity index (χ4v) is 2.78. The molecule has 3 rings (SSSR count). The van der Waals surface area contributed by atoms with Crippen LogP contribution >= 0.6 is 0 Å². The molecular weight excluding hydrogens is 304 g/mol. The van der Waals surface area contributed by atoms with Gasteiger partial charge >= 0.3 is 11.8 Å². The topological polar surface area (TPSA) is 71.3 Å². The maximum atomic E-state index is 12.0. The van der Waals surface area contributed by atoms with E-state index in [1.807, 2.05) is 12.1 Å². The molecule has 1 fully saturated rings. The minimum absolute atomic E-state index is 0.0115. The van der Waals surface area contributed by atoms with E-state index in [0.29, 0.717) is 18.3 Å². The molecule has 1 aromatic heterocycles. The second kappa shape index (κ2) is 7.47. The van der Waals surface area contributed by atoms with Gasteiger partial charge in [0.05, 0.1) is 0 Å². The van der Waals surface area contributed by atoms with Crippen LogP contribution in [0, 0.1) is 5.92 Å².